The fourth-order valence-corrected chi connectivity index (χ4v) is 4.80. The van der Waals surface area contributed by atoms with E-state index in [-0.39, 0.29) is 11.8 Å². The van der Waals surface area contributed by atoms with Crippen LogP contribution in [0.2, 0.25) is 0 Å². The smallest absolute Gasteiger partial charge is 0.218 e. The van der Waals surface area contributed by atoms with Crippen molar-refractivity contribution in [1.82, 2.24) is 4.31 Å². The summed E-state index contributed by atoms with van der Waals surface area (Å²) in [5.41, 5.74) is 7.09. The molecule has 5 heteroatoms. The quantitative estimate of drug-likeness (QED) is 0.850. The summed E-state index contributed by atoms with van der Waals surface area (Å²) in [5, 5.41) is 0. The summed E-state index contributed by atoms with van der Waals surface area (Å²) in [6.45, 7) is 2.48. The van der Waals surface area contributed by atoms with Crippen molar-refractivity contribution < 1.29 is 8.42 Å². The van der Waals surface area contributed by atoms with Gasteiger partial charge in [-0.25, -0.2) is 8.42 Å². The largest absolute Gasteiger partial charge is 0.399 e. The number of nitrogens with zero attached hydrogens (tertiary/aromatic N) is 1. The molecule has 0 bridgehead atoms. The zero-order valence-electron chi connectivity index (χ0n) is 12.1. The normalized spacial score (nSPS) is 17.5. The van der Waals surface area contributed by atoms with Crippen molar-refractivity contribution in [3.8, 4) is 0 Å². The van der Waals surface area contributed by atoms with Crippen LogP contribution in [0.1, 0.15) is 44.6 Å². The average molecular weight is 296 g/mol. The van der Waals surface area contributed by atoms with Crippen LogP contribution in [-0.2, 0) is 15.8 Å². The summed E-state index contributed by atoms with van der Waals surface area (Å²) < 4.78 is 26.9. The Labute approximate surface area is 122 Å². The van der Waals surface area contributed by atoms with Gasteiger partial charge in [-0.1, -0.05) is 38.3 Å². The third-order valence-electron chi connectivity index (χ3n) is 3.98. The Hall–Kier alpha value is -1.07. The number of rotatable bonds is 5. The van der Waals surface area contributed by atoms with Gasteiger partial charge in [-0.05, 0) is 30.5 Å². The molecule has 0 unspecified atom stereocenters. The molecular weight excluding hydrogens is 272 g/mol. The van der Waals surface area contributed by atoms with Crippen molar-refractivity contribution in [2.24, 2.45) is 0 Å². The average Bonchev–Trinajstić information content (AvgIpc) is 2.43. The molecule has 1 fully saturated rings. The van der Waals surface area contributed by atoms with Crippen LogP contribution in [-0.4, -0.2) is 25.3 Å². The standard InChI is InChI=1S/C15H24N2O2S/c1-2-17(15-6-4-3-5-7-15)20(18,19)12-13-8-10-14(16)11-9-13/h8-11,15H,2-7,12,16H2,1H3. The molecule has 1 aromatic carbocycles. The lowest BCUT2D eigenvalue weighted by molar-refractivity contribution is 0.261. The fourth-order valence-electron chi connectivity index (χ4n) is 2.96. The Bertz CT molecular complexity index is 519. The minimum Gasteiger partial charge on any atom is -0.399 e. The van der Waals surface area contributed by atoms with E-state index in [0.29, 0.717) is 12.2 Å². The van der Waals surface area contributed by atoms with E-state index in [1.165, 1.54) is 6.42 Å². The van der Waals surface area contributed by atoms with Gasteiger partial charge in [0.1, 0.15) is 0 Å². The molecule has 4 nitrogen and oxygen atoms in total. The van der Waals surface area contributed by atoms with E-state index in [4.69, 9.17) is 5.73 Å². The lowest BCUT2D eigenvalue weighted by atomic mass is 9.95. The minimum absolute atomic E-state index is 0.0671. The highest BCUT2D eigenvalue weighted by molar-refractivity contribution is 7.88. The van der Waals surface area contributed by atoms with E-state index < -0.39 is 10.0 Å². The first kappa shape index (κ1) is 15.3. The van der Waals surface area contributed by atoms with Gasteiger partial charge in [0.15, 0.2) is 0 Å². The van der Waals surface area contributed by atoms with E-state index >= 15 is 0 Å². The van der Waals surface area contributed by atoms with E-state index in [9.17, 15) is 8.42 Å². The number of anilines is 1. The van der Waals surface area contributed by atoms with Gasteiger partial charge in [0, 0.05) is 18.3 Å². The van der Waals surface area contributed by atoms with Gasteiger partial charge in [0.05, 0.1) is 5.75 Å². The van der Waals surface area contributed by atoms with Crippen LogP contribution >= 0.6 is 0 Å². The van der Waals surface area contributed by atoms with Crippen LogP contribution in [0.5, 0.6) is 0 Å². The molecule has 0 aliphatic heterocycles. The number of nitrogen functional groups attached to an aromatic ring is 1. The summed E-state index contributed by atoms with van der Waals surface area (Å²) in [6.07, 6.45) is 5.49. The zero-order chi connectivity index (χ0) is 14.6. The molecule has 1 saturated carbocycles. The summed E-state index contributed by atoms with van der Waals surface area (Å²) in [7, 11) is -3.25. The van der Waals surface area contributed by atoms with Crippen LogP contribution in [0, 0.1) is 0 Å². The van der Waals surface area contributed by atoms with Crippen LogP contribution in [0.15, 0.2) is 24.3 Å². The molecule has 0 spiro atoms. The first-order valence-corrected chi connectivity index (χ1v) is 8.98. The molecule has 0 amide bonds. The number of nitrogens with two attached hydrogens (primary N) is 1. The van der Waals surface area contributed by atoms with Gasteiger partial charge in [0.2, 0.25) is 10.0 Å². The Kier molecular flexibility index (Phi) is 5.05. The second kappa shape index (κ2) is 6.59. The Morgan fingerprint density at radius 1 is 1.15 bits per heavy atom. The van der Waals surface area contributed by atoms with Gasteiger partial charge < -0.3 is 5.73 Å². The fraction of sp³-hybridized carbons (Fsp3) is 0.600. The Balaban J connectivity index is 2.12. The Morgan fingerprint density at radius 3 is 2.30 bits per heavy atom. The van der Waals surface area contributed by atoms with Crippen LogP contribution in [0.25, 0.3) is 0 Å². The highest BCUT2D eigenvalue weighted by atomic mass is 32.2. The van der Waals surface area contributed by atoms with Crippen molar-refractivity contribution in [1.29, 1.82) is 0 Å². The van der Waals surface area contributed by atoms with Crippen molar-refractivity contribution in [2.45, 2.75) is 50.8 Å². The predicted octanol–water partition coefficient (Wildman–Crippen LogP) is 2.75. The molecule has 1 aliphatic rings. The molecule has 0 radical (unpaired) electrons. The van der Waals surface area contributed by atoms with E-state index in [1.807, 2.05) is 6.92 Å². The molecule has 1 aliphatic carbocycles. The molecule has 0 heterocycles. The van der Waals surface area contributed by atoms with Gasteiger partial charge in [-0.3, -0.25) is 0 Å². The Morgan fingerprint density at radius 2 is 1.75 bits per heavy atom. The van der Waals surface area contributed by atoms with E-state index in [1.54, 1.807) is 28.6 Å². The van der Waals surface area contributed by atoms with Crippen molar-refractivity contribution in [3.63, 3.8) is 0 Å². The minimum atomic E-state index is -3.25. The topological polar surface area (TPSA) is 63.4 Å². The first-order chi connectivity index (χ1) is 9.53. The second-order valence-corrected chi connectivity index (χ2v) is 7.41. The molecule has 20 heavy (non-hydrogen) atoms. The SMILES string of the molecule is CCN(C1CCCCC1)S(=O)(=O)Cc1ccc(N)cc1. The number of benzene rings is 1. The molecule has 0 atom stereocenters. The summed E-state index contributed by atoms with van der Waals surface area (Å²) in [6, 6.07) is 7.28. The number of hydrogen-bond donors (Lipinski definition) is 1. The van der Waals surface area contributed by atoms with Gasteiger partial charge >= 0.3 is 0 Å². The maximum atomic E-state index is 12.6. The maximum absolute atomic E-state index is 12.6. The van der Waals surface area contributed by atoms with Gasteiger partial charge in [0.25, 0.3) is 0 Å². The maximum Gasteiger partial charge on any atom is 0.218 e. The molecule has 112 valence electrons. The van der Waals surface area contributed by atoms with Crippen LogP contribution in [0.4, 0.5) is 5.69 Å². The third-order valence-corrected chi connectivity index (χ3v) is 5.95. The second-order valence-electron chi connectivity index (χ2n) is 5.49. The summed E-state index contributed by atoms with van der Waals surface area (Å²) in [4.78, 5) is 0. The highest BCUT2D eigenvalue weighted by Crippen LogP contribution is 2.26. The first-order valence-electron chi connectivity index (χ1n) is 7.37. The lowest BCUT2D eigenvalue weighted by Crippen LogP contribution is -2.41. The molecule has 2 rings (SSSR count). The van der Waals surface area contributed by atoms with Crippen LogP contribution < -0.4 is 5.73 Å². The third kappa shape index (κ3) is 3.73. The molecule has 0 aromatic heterocycles. The van der Waals surface area contributed by atoms with Crippen molar-refractivity contribution in [3.05, 3.63) is 29.8 Å². The molecule has 2 N–H and O–H groups in total. The van der Waals surface area contributed by atoms with Crippen molar-refractivity contribution in [2.75, 3.05) is 12.3 Å². The predicted molar refractivity (Wildman–Crippen MR) is 82.7 cm³/mol. The zero-order valence-corrected chi connectivity index (χ0v) is 12.9. The van der Waals surface area contributed by atoms with E-state index in [2.05, 4.69) is 0 Å². The van der Waals surface area contributed by atoms with E-state index in [0.717, 1.165) is 31.2 Å². The number of hydrogen-bond acceptors (Lipinski definition) is 3. The monoisotopic (exact) mass is 296 g/mol. The summed E-state index contributed by atoms with van der Waals surface area (Å²) in [5.74, 6) is 0.0671. The molecular formula is C15H24N2O2S. The van der Waals surface area contributed by atoms with Crippen molar-refractivity contribution >= 4 is 15.7 Å². The molecule has 0 saturated heterocycles. The summed E-state index contributed by atoms with van der Waals surface area (Å²) >= 11 is 0. The van der Waals surface area contributed by atoms with Crippen LogP contribution in [0.3, 0.4) is 0 Å². The molecule has 1 aromatic rings. The lowest BCUT2D eigenvalue weighted by Gasteiger charge is -2.32. The van der Waals surface area contributed by atoms with Gasteiger partial charge in [-0.15, -0.1) is 0 Å². The van der Waals surface area contributed by atoms with Gasteiger partial charge in [-0.2, -0.15) is 4.31 Å². The number of sulfonamides is 1. The highest BCUT2D eigenvalue weighted by Gasteiger charge is 2.29.